The third-order valence-corrected chi connectivity index (χ3v) is 3.95. The first-order valence-corrected chi connectivity index (χ1v) is 7.18. The molecule has 0 saturated carbocycles. The molecule has 0 bridgehead atoms. The van der Waals surface area contributed by atoms with E-state index in [1.54, 1.807) is 24.5 Å². The molecule has 0 fully saturated rings. The highest BCUT2D eigenvalue weighted by Gasteiger charge is 2.42. The number of ether oxygens (including phenoxy) is 1. The third kappa shape index (κ3) is 2.59. The summed E-state index contributed by atoms with van der Waals surface area (Å²) in [7, 11) is 0. The smallest absolute Gasteiger partial charge is 0.131 e. The van der Waals surface area contributed by atoms with E-state index in [-0.39, 0.29) is 6.04 Å². The first kappa shape index (κ1) is 14.6. The summed E-state index contributed by atoms with van der Waals surface area (Å²) in [6.07, 6.45) is 0.868. The lowest BCUT2D eigenvalue weighted by molar-refractivity contribution is -0.0651. The minimum atomic E-state index is -0.746. The number of aliphatic hydroxyl groups is 1. The molecule has 0 saturated heterocycles. The lowest BCUT2D eigenvalue weighted by Crippen LogP contribution is -2.52. The molecule has 5 nitrogen and oxygen atoms in total. The van der Waals surface area contributed by atoms with Crippen molar-refractivity contribution in [3.05, 3.63) is 53.5 Å². The van der Waals surface area contributed by atoms with Crippen LogP contribution in [0.2, 0.25) is 0 Å². The maximum Gasteiger partial charge on any atom is 0.131 e. The molecule has 0 spiro atoms. The number of rotatable bonds is 3. The summed E-state index contributed by atoms with van der Waals surface area (Å²) in [6.45, 7) is 4.18. The highest BCUT2D eigenvalue weighted by Crippen LogP contribution is 2.40. The molecule has 1 aromatic heterocycles. The predicted octanol–water partition coefficient (Wildman–Crippen LogP) is 2.51. The molecular weight excluding hydrogens is 280 g/mol. The number of nitrogens with one attached hydrogen (secondary N) is 1. The van der Waals surface area contributed by atoms with Crippen molar-refractivity contribution in [2.75, 3.05) is 0 Å². The van der Waals surface area contributed by atoms with E-state index in [9.17, 15) is 5.11 Å². The first-order chi connectivity index (χ1) is 10.5. The van der Waals surface area contributed by atoms with Crippen molar-refractivity contribution in [1.29, 1.82) is 5.26 Å². The number of furan rings is 1. The molecule has 2 heterocycles. The van der Waals surface area contributed by atoms with Crippen LogP contribution < -0.4 is 10.1 Å². The van der Waals surface area contributed by atoms with E-state index in [0.717, 1.165) is 11.3 Å². The Morgan fingerprint density at radius 2 is 2.18 bits per heavy atom. The Bertz CT molecular complexity index is 701. The maximum atomic E-state index is 10.6. The molecule has 114 valence electrons. The summed E-state index contributed by atoms with van der Waals surface area (Å²) in [5, 5.41) is 23.0. The van der Waals surface area contributed by atoms with Crippen molar-refractivity contribution in [2.24, 2.45) is 0 Å². The number of hydrogen-bond donors (Lipinski definition) is 2. The summed E-state index contributed by atoms with van der Waals surface area (Å²) in [5.74, 6) is 1.47. The lowest BCUT2D eigenvalue weighted by atomic mass is 9.86. The van der Waals surface area contributed by atoms with Gasteiger partial charge in [0.15, 0.2) is 0 Å². The molecule has 22 heavy (non-hydrogen) atoms. The lowest BCUT2D eigenvalue weighted by Gasteiger charge is -2.42. The predicted molar refractivity (Wildman–Crippen MR) is 80.2 cm³/mol. The van der Waals surface area contributed by atoms with Gasteiger partial charge in [-0.3, -0.25) is 0 Å². The zero-order valence-corrected chi connectivity index (χ0v) is 12.5. The molecule has 1 aliphatic rings. The number of nitrogens with zero attached hydrogens (tertiary/aromatic N) is 1. The highest BCUT2D eigenvalue weighted by molar-refractivity contribution is 5.46. The van der Waals surface area contributed by atoms with Crippen LogP contribution in [0.25, 0.3) is 0 Å². The summed E-state index contributed by atoms with van der Waals surface area (Å²) in [5.41, 5.74) is 0.610. The minimum absolute atomic E-state index is 0.336. The molecular formula is C17H18N2O3. The van der Waals surface area contributed by atoms with Crippen molar-refractivity contribution >= 4 is 0 Å². The Morgan fingerprint density at radius 3 is 2.86 bits per heavy atom. The molecule has 1 unspecified atom stereocenters. The molecule has 1 aliphatic heterocycles. The van der Waals surface area contributed by atoms with Crippen LogP contribution in [0, 0.1) is 11.3 Å². The fourth-order valence-electron chi connectivity index (χ4n) is 2.71. The highest BCUT2D eigenvalue weighted by atomic mass is 16.5. The van der Waals surface area contributed by atoms with Crippen molar-refractivity contribution < 1.29 is 14.3 Å². The molecule has 0 aliphatic carbocycles. The van der Waals surface area contributed by atoms with Gasteiger partial charge >= 0.3 is 0 Å². The Labute approximate surface area is 129 Å². The maximum absolute atomic E-state index is 10.6. The molecule has 2 atom stereocenters. The fraction of sp³-hybridized carbons (Fsp3) is 0.353. The average Bonchev–Trinajstić information content (AvgIpc) is 3.00. The number of hydrogen-bond acceptors (Lipinski definition) is 5. The topological polar surface area (TPSA) is 78.4 Å². The van der Waals surface area contributed by atoms with E-state index >= 15 is 0 Å². The van der Waals surface area contributed by atoms with E-state index in [4.69, 9.17) is 14.4 Å². The van der Waals surface area contributed by atoms with E-state index in [1.165, 1.54) is 0 Å². The van der Waals surface area contributed by atoms with Crippen LogP contribution in [0.4, 0.5) is 0 Å². The van der Waals surface area contributed by atoms with Crippen molar-refractivity contribution in [1.82, 2.24) is 5.32 Å². The quantitative estimate of drug-likeness (QED) is 0.910. The van der Waals surface area contributed by atoms with Gasteiger partial charge in [-0.1, -0.05) is 0 Å². The van der Waals surface area contributed by atoms with E-state index in [2.05, 4.69) is 11.4 Å². The van der Waals surface area contributed by atoms with Crippen LogP contribution in [0.1, 0.15) is 36.8 Å². The van der Waals surface area contributed by atoms with Crippen LogP contribution in [-0.4, -0.2) is 16.8 Å². The molecule has 2 N–H and O–H groups in total. The second-order valence-electron chi connectivity index (χ2n) is 5.95. The van der Waals surface area contributed by atoms with Gasteiger partial charge < -0.3 is 19.6 Å². The summed E-state index contributed by atoms with van der Waals surface area (Å²) in [6, 6.07) is 10.7. The van der Waals surface area contributed by atoms with Crippen LogP contribution in [0.5, 0.6) is 5.75 Å². The summed E-state index contributed by atoms with van der Waals surface area (Å²) >= 11 is 0. The molecule has 1 aromatic carbocycles. The summed E-state index contributed by atoms with van der Waals surface area (Å²) < 4.78 is 11.2. The minimum Gasteiger partial charge on any atom is -0.485 e. The van der Waals surface area contributed by atoms with Gasteiger partial charge in [0.2, 0.25) is 0 Å². The second-order valence-corrected chi connectivity index (χ2v) is 5.95. The molecule has 3 rings (SSSR count). The zero-order chi connectivity index (χ0) is 15.7. The zero-order valence-electron chi connectivity index (χ0n) is 12.5. The van der Waals surface area contributed by atoms with Gasteiger partial charge in [-0.05, 0) is 44.2 Å². The number of benzene rings is 1. The normalized spacial score (nSPS) is 22.5. The van der Waals surface area contributed by atoms with E-state index in [1.807, 2.05) is 26.0 Å². The van der Waals surface area contributed by atoms with E-state index < -0.39 is 11.7 Å². The largest absolute Gasteiger partial charge is 0.485 e. The average molecular weight is 298 g/mol. The van der Waals surface area contributed by atoms with Gasteiger partial charge in [0.05, 0.1) is 30.5 Å². The van der Waals surface area contributed by atoms with Gasteiger partial charge in [0.25, 0.3) is 0 Å². The van der Waals surface area contributed by atoms with Crippen LogP contribution in [-0.2, 0) is 6.54 Å². The van der Waals surface area contributed by atoms with Gasteiger partial charge in [0, 0.05) is 5.56 Å². The van der Waals surface area contributed by atoms with Gasteiger partial charge in [-0.15, -0.1) is 0 Å². The molecule has 5 heteroatoms. The molecule has 0 radical (unpaired) electrons. The van der Waals surface area contributed by atoms with Crippen LogP contribution in [0.3, 0.4) is 0 Å². The second kappa shape index (κ2) is 5.48. The van der Waals surface area contributed by atoms with Gasteiger partial charge in [0.1, 0.15) is 23.2 Å². The van der Waals surface area contributed by atoms with Crippen molar-refractivity contribution in [2.45, 2.75) is 38.1 Å². The molecule has 2 aromatic rings. The van der Waals surface area contributed by atoms with Crippen LogP contribution >= 0.6 is 0 Å². The van der Waals surface area contributed by atoms with Gasteiger partial charge in [-0.25, -0.2) is 0 Å². The third-order valence-electron chi connectivity index (χ3n) is 3.95. The SMILES string of the molecule is CC1(C)Oc2ccc(C#N)cc2C(NCc2ccco2)[C@H]1O. The number of fused-ring (bicyclic) bond motifs is 1. The van der Waals surface area contributed by atoms with Crippen LogP contribution in [0.15, 0.2) is 41.0 Å². The van der Waals surface area contributed by atoms with E-state index in [0.29, 0.717) is 17.9 Å². The number of aliphatic hydroxyl groups excluding tert-OH is 1. The standard InChI is InChI=1S/C17H18N2O3/c1-17(2)16(20)15(19-10-12-4-3-7-21-12)13-8-11(9-18)5-6-14(13)22-17/h3-8,15-16,19-20H,10H2,1-2H3/t15?,16-/m1/s1. The molecule has 0 amide bonds. The summed E-state index contributed by atoms with van der Waals surface area (Å²) in [4.78, 5) is 0. The number of nitriles is 1. The Morgan fingerprint density at radius 1 is 1.36 bits per heavy atom. The first-order valence-electron chi connectivity index (χ1n) is 7.18. The van der Waals surface area contributed by atoms with Crippen molar-refractivity contribution in [3.63, 3.8) is 0 Å². The van der Waals surface area contributed by atoms with Crippen molar-refractivity contribution in [3.8, 4) is 11.8 Å². The Balaban J connectivity index is 1.94. The fourth-order valence-corrected chi connectivity index (χ4v) is 2.71. The Kier molecular flexibility index (Phi) is 3.65. The van der Waals surface area contributed by atoms with Gasteiger partial charge in [-0.2, -0.15) is 5.26 Å². The monoisotopic (exact) mass is 298 g/mol. The Hall–Kier alpha value is -2.29.